The largest absolute Gasteiger partial charge is 0.497 e. The molecule has 2 heterocycles. The number of hydrogen-bond donors (Lipinski definition) is 0. The highest BCUT2D eigenvalue weighted by molar-refractivity contribution is 5.79. The molecule has 0 spiro atoms. The van der Waals surface area contributed by atoms with Gasteiger partial charge >= 0.3 is 0 Å². The Kier molecular flexibility index (Phi) is 5.46. The number of hydrogen-bond acceptors (Lipinski definition) is 6. The summed E-state index contributed by atoms with van der Waals surface area (Å²) in [6, 6.07) is 27.4. The third-order valence-electron chi connectivity index (χ3n) is 5.97. The van der Waals surface area contributed by atoms with Crippen molar-refractivity contribution in [3.63, 3.8) is 0 Å². The second kappa shape index (κ2) is 9.07. The van der Waals surface area contributed by atoms with Gasteiger partial charge in [0.25, 0.3) is 0 Å². The number of fused-ring (bicyclic) bond motifs is 2. The number of aromatic nitrogens is 2. The summed E-state index contributed by atoms with van der Waals surface area (Å²) in [7, 11) is 3.27. The van der Waals surface area contributed by atoms with Crippen molar-refractivity contribution in [1.82, 2.24) is 9.97 Å². The number of nitrogens with zero attached hydrogens (tertiary/aromatic N) is 2. The number of rotatable bonds is 6. The van der Waals surface area contributed by atoms with E-state index in [9.17, 15) is 0 Å². The molecule has 0 radical (unpaired) electrons. The molecule has 0 saturated heterocycles. The van der Waals surface area contributed by atoms with E-state index in [0.29, 0.717) is 11.8 Å². The Morgan fingerprint density at radius 2 is 0.972 bits per heavy atom. The molecule has 0 aliphatic carbocycles. The maximum Gasteiger partial charge on any atom is 0.227 e. The molecule has 0 N–H and O–H groups in total. The summed E-state index contributed by atoms with van der Waals surface area (Å²) in [5.41, 5.74) is 7.00. The first-order valence-corrected chi connectivity index (χ1v) is 11.5. The SMILES string of the molecule is COc1ccc2oc(-c3ccc(C=Cc4ccc(-c5nc6cc(OC)ccc6o5)cc4)cc3)nc2c1. The zero-order valence-corrected chi connectivity index (χ0v) is 19.8. The molecule has 0 saturated carbocycles. The van der Waals surface area contributed by atoms with Crippen LogP contribution in [0.2, 0.25) is 0 Å². The molecule has 0 aliphatic rings. The molecule has 2 aromatic heterocycles. The molecule has 36 heavy (non-hydrogen) atoms. The average Bonchev–Trinajstić information content (AvgIpc) is 3.56. The van der Waals surface area contributed by atoms with Gasteiger partial charge in [-0.05, 0) is 59.7 Å². The molecule has 176 valence electrons. The van der Waals surface area contributed by atoms with Crippen LogP contribution in [0.1, 0.15) is 11.1 Å². The quantitative estimate of drug-likeness (QED) is 0.233. The highest BCUT2D eigenvalue weighted by Crippen LogP contribution is 2.29. The van der Waals surface area contributed by atoms with Gasteiger partial charge in [-0.25, -0.2) is 9.97 Å². The van der Waals surface area contributed by atoms with E-state index in [1.54, 1.807) is 14.2 Å². The van der Waals surface area contributed by atoms with Gasteiger partial charge in [0.15, 0.2) is 11.2 Å². The molecule has 0 amide bonds. The minimum Gasteiger partial charge on any atom is -0.497 e. The summed E-state index contributed by atoms with van der Waals surface area (Å²) in [6.07, 6.45) is 4.14. The van der Waals surface area contributed by atoms with Crippen LogP contribution in [-0.2, 0) is 0 Å². The van der Waals surface area contributed by atoms with Crippen molar-refractivity contribution in [2.24, 2.45) is 0 Å². The van der Waals surface area contributed by atoms with Crippen LogP contribution in [0, 0.1) is 0 Å². The molecule has 0 aliphatic heterocycles. The van der Waals surface area contributed by atoms with Crippen molar-refractivity contribution in [2.45, 2.75) is 0 Å². The zero-order valence-electron chi connectivity index (χ0n) is 19.8. The lowest BCUT2D eigenvalue weighted by molar-refractivity contribution is 0.415. The lowest BCUT2D eigenvalue weighted by Crippen LogP contribution is -1.81. The van der Waals surface area contributed by atoms with Crippen molar-refractivity contribution in [1.29, 1.82) is 0 Å². The van der Waals surface area contributed by atoms with Crippen LogP contribution in [0.3, 0.4) is 0 Å². The minimum atomic E-state index is 0.585. The van der Waals surface area contributed by atoms with Gasteiger partial charge in [0, 0.05) is 23.3 Å². The van der Waals surface area contributed by atoms with Crippen molar-refractivity contribution >= 4 is 34.4 Å². The summed E-state index contributed by atoms with van der Waals surface area (Å²) >= 11 is 0. The maximum absolute atomic E-state index is 5.90. The lowest BCUT2D eigenvalue weighted by atomic mass is 10.1. The predicted molar refractivity (Wildman–Crippen MR) is 141 cm³/mol. The smallest absolute Gasteiger partial charge is 0.227 e. The third kappa shape index (κ3) is 4.20. The van der Waals surface area contributed by atoms with Gasteiger partial charge in [0.2, 0.25) is 11.8 Å². The van der Waals surface area contributed by atoms with Gasteiger partial charge in [-0.1, -0.05) is 36.4 Å². The molecule has 0 atom stereocenters. The fourth-order valence-corrected chi connectivity index (χ4v) is 3.98. The Labute approximate surface area is 207 Å². The van der Waals surface area contributed by atoms with Crippen LogP contribution < -0.4 is 9.47 Å². The second-order valence-corrected chi connectivity index (χ2v) is 8.28. The molecule has 0 fully saturated rings. The van der Waals surface area contributed by atoms with E-state index in [1.807, 2.05) is 84.9 Å². The van der Waals surface area contributed by atoms with Crippen molar-refractivity contribution in [2.75, 3.05) is 14.2 Å². The Morgan fingerprint density at radius 1 is 0.556 bits per heavy atom. The molecule has 6 nitrogen and oxygen atoms in total. The molecular formula is C30H22N2O4. The first-order valence-electron chi connectivity index (χ1n) is 11.5. The van der Waals surface area contributed by atoms with Crippen LogP contribution in [0.5, 0.6) is 11.5 Å². The maximum atomic E-state index is 5.90. The van der Waals surface area contributed by atoms with E-state index < -0.39 is 0 Å². The van der Waals surface area contributed by atoms with Crippen molar-refractivity contribution < 1.29 is 18.3 Å². The van der Waals surface area contributed by atoms with Crippen molar-refractivity contribution in [3.8, 4) is 34.4 Å². The van der Waals surface area contributed by atoms with E-state index in [-0.39, 0.29) is 0 Å². The van der Waals surface area contributed by atoms with Crippen LogP contribution in [-0.4, -0.2) is 24.2 Å². The monoisotopic (exact) mass is 474 g/mol. The number of oxazole rings is 2. The molecule has 6 aromatic rings. The van der Waals surface area contributed by atoms with E-state index in [4.69, 9.17) is 18.3 Å². The number of ether oxygens (including phenoxy) is 2. The molecule has 0 bridgehead atoms. The van der Waals surface area contributed by atoms with Crippen LogP contribution in [0.15, 0.2) is 93.8 Å². The summed E-state index contributed by atoms with van der Waals surface area (Å²) < 4.78 is 22.3. The summed E-state index contributed by atoms with van der Waals surface area (Å²) in [6.45, 7) is 0. The summed E-state index contributed by atoms with van der Waals surface area (Å²) in [4.78, 5) is 9.17. The van der Waals surface area contributed by atoms with Gasteiger partial charge in [-0.15, -0.1) is 0 Å². The Bertz CT molecular complexity index is 1570. The standard InChI is InChI=1S/C30H22N2O4/c1-33-23-13-15-27-25(17-23)31-29(35-27)21-9-5-19(6-10-21)3-4-20-7-11-22(12-8-20)30-32-26-18-24(34-2)14-16-28(26)36-30/h3-18H,1-2H3. The lowest BCUT2D eigenvalue weighted by Gasteiger charge is -1.99. The highest BCUT2D eigenvalue weighted by Gasteiger charge is 2.10. The zero-order chi connectivity index (χ0) is 24.5. The second-order valence-electron chi connectivity index (χ2n) is 8.28. The topological polar surface area (TPSA) is 70.5 Å². The third-order valence-corrected chi connectivity index (χ3v) is 5.97. The first-order chi connectivity index (χ1) is 17.7. The average molecular weight is 475 g/mol. The number of benzene rings is 4. The fraction of sp³-hybridized carbons (Fsp3) is 0.0667. The Morgan fingerprint density at radius 3 is 1.36 bits per heavy atom. The number of methoxy groups -OCH3 is 2. The van der Waals surface area contributed by atoms with E-state index in [1.165, 1.54) is 0 Å². The normalized spacial score (nSPS) is 11.5. The van der Waals surface area contributed by atoms with Crippen LogP contribution >= 0.6 is 0 Å². The Hall–Kier alpha value is -4.84. The molecular weight excluding hydrogens is 452 g/mol. The Balaban J connectivity index is 1.17. The van der Waals surface area contributed by atoms with Crippen molar-refractivity contribution in [3.05, 3.63) is 96.1 Å². The van der Waals surface area contributed by atoms with E-state index >= 15 is 0 Å². The van der Waals surface area contributed by atoms with Crippen LogP contribution in [0.25, 0.3) is 57.3 Å². The van der Waals surface area contributed by atoms with Crippen LogP contribution in [0.4, 0.5) is 0 Å². The van der Waals surface area contributed by atoms with Gasteiger partial charge in [-0.2, -0.15) is 0 Å². The van der Waals surface area contributed by atoms with Gasteiger partial charge in [0.05, 0.1) is 14.2 Å². The summed E-state index contributed by atoms with van der Waals surface area (Å²) in [5.74, 6) is 2.68. The van der Waals surface area contributed by atoms with E-state index in [0.717, 1.165) is 56.0 Å². The first kappa shape index (κ1) is 21.7. The minimum absolute atomic E-state index is 0.585. The van der Waals surface area contributed by atoms with Gasteiger partial charge in [-0.3, -0.25) is 0 Å². The van der Waals surface area contributed by atoms with Gasteiger partial charge < -0.3 is 18.3 Å². The molecule has 4 aromatic carbocycles. The predicted octanol–water partition coefficient (Wildman–Crippen LogP) is 7.49. The highest BCUT2D eigenvalue weighted by atomic mass is 16.5. The van der Waals surface area contributed by atoms with E-state index in [2.05, 4.69) is 22.1 Å². The molecule has 6 rings (SSSR count). The summed E-state index contributed by atoms with van der Waals surface area (Å²) in [5, 5.41) is 0. The molecule has 0 unspecified atom stereocenters. The van der Waals surface area contributed by atoms with Gasteiger partial charge in [0.1, 0.15) is 22.5 Å². The molecule has 6 heteroatoms. The fourth-order valence-electron chi connectivity index (χ4n) is 3.98.